The summed E-state index contributed by atoms with van der Waals surface area (Å²) in [4.78, 5) is 24.8. The summed E-state index contributed by atoms with van der Waals surface area (Å²) in [6, 6.07) is 17.1. The second-order valence-corrected chi connectivity index (χ2v) is 9.15. The number of nitrogens with zero attached hydrogens (tertiary/aromatic N) is 1. The predicted octanol–water partition coefficient (Wildman–Crippen LogP) is 5.63. The molecular weight excluding hydrogens is 440 g/mol. The zero-order chi connectivity index (χ0) is 25.4. The van der Waals surface area contributed by atoms with Crippen LogP contribution in [0, 0.1) is 13.8 Å². The number of hydrogen-bond acceptors (Lipinski definition) is 3. The van der Waals surface area contributed by atoms with E-state index in [1.54, 1.807) is 51.1 Å². The van der Waals surface area contributed by atoms with Gasteiger partial charge in [-0.2, -0.15) is 5.10 Å². The first-order valence-corrected chi connectivity index (χ1v) is 11.5. The van der Waals surface area contributed by atoms with Crippen LogP contribution in [0.3, 0.4) is 0 Å². The molecule has 7 heteroatoms. The highest BCUT2D eigenvalue weighted by atomic mass is 16.6. The summed E-state index contributed by atoms with van der Waals surface area (Å²) in [6.45, 7) is 10.0. The van der Waals surface area contributed by atoms with Gasteiger partial charge < -0.3 is 10.1 Å². The number of aryl methyl sites for hydroxylation is 1. The van der Waals surface area contributed by atoms with E-state index in [1.807, 2.05) is 36.7 Å². The molecule has 0 unspecified atom stereocenters. The van der Waals surface area contributed by atoms with Gasteiger partial charge in [0.05, 0.1) is 22.6 Å². The van der Waals surface area contributed by atoms with Crippen molar-refractivity contribution in [3.8, 4) is 0 Å². The number of allylic oxidation sites excluding steroid dienone is 1. The number of aromatic amines is 1. The number of ether oxygens (including phenoxy) is 1. The summed E-state index contributed by atoms with van der Waals surface area (Å²) < 4.78 is 7.34. The Hall–Kier alpha value is -4.13. The molecule has 0 saturated carbocycles. The maximum atomic E-state index is 12.6. The van der Waals surface area contributed by atoms with Gasteiger partial charge in [-0.05, 0) is 57.5 Å². The van der Waals surface area contributed by atoms with Gasteiger partial charge in [0.2, 0.25) is 11.6 Å². The molecule has 0 saturated heterocycles. The molecule has 1 aromatic heterocycles. The lowest BCUT2D eigenvalue weighted by Gasteiger charge is -2.20. The summed E-state index contributed by atoms with van der Waals surface area (Å²) in [5, 5.41) is 8.85. The number of carbonyl (C=O) groups excluding carboxylic acids is 2. The zero-order valence-electron chi connectivity index (χ0n) is 20.9. The molecule has 0 aliphatic rings. The van der Waals surface area contributed by atoms with E-state index in [0.717, 1.165) is 22.5 Å². The smallest absolute Gasteiger partial charge is 0.412 e. The lowest BCUT2D eigenvalue weighted by Crippen LogP contribution is -2.37. The number of H-pyrrole nitrogens is 1. The SMILES string of the molecule is Cc1[nH][n+](CC=Cc2ccccc2)c(C)c1C=CC(=O)Nc1ccccc1NC(=O)OC(C)(C)C. The van der Waals surface area contributed by atoms with Crippen molar-refractivity contribution in [2.24, 2.45) is 0 Å². The van der Waals surface area contributed by atoms with E-state index in [2.05, 4.69) is 40.0 Å². The molecule has 3 aromatic rings. The van der Waals surface area contributed by atoms with Gasteiger partial charge in [0, 0.05) is 13.0 Å². The summed E-state index contributed by atoms with van der Waals surface area (Å²) in [5.74, 6) is -0.307. The molecule has 0 bridgehead atoms. The molecule has 0 atom stereocenters. The summed E-state index contributed by atoms with van der Waals surface area (Å²) in [5.41, 5.74) is 4.41. The van der Waals surface area contributed by atoms with Crippen LogP contribution in [0.4, 0.5) is 16.2 Å². The van der Waals surface area contributed by atoms with E-state index < -0.39 is 11.7 Å². The molecule has 0 aliphatic carbocycles. The van der Waals surface area contributed by atoms with Gasteiger partial charge in [0.1, 0.15) is 5.60 Å². The number of para-hydroxylation sites is 2. The Bertz CT molecular complexity index is 1230. The van der Waals surface area contributed by atoms with Gasteiger partial charge in [-0.3, -0.25) is 10.1 Å². The van der Waals surface area contributed by atoms with Crippen molar-refractivity contribution in [1.82, 2.24) is 5.10 Å². The minimum absolute atomic E-state index is 0.307. The maximum Gasteiger partial charge on any atom is 0.412 e. The van der Waals surface area contributed by atoms with Crippen LogP contribution in [0.2, 0.25) is 0 Å². The fourth-order valence-electron chi connectivity index (χ4n) is 3.50. The second-order valence-electron chi connectivity index (χ2n) is 9.15. The van der Waals surface area contributed by atoms with Crippen molar-refractivity contribution < 1.29 is 19.0 Å². The van der Waals surface area contributed by atoms with Gasteiger partial charge in [-0.1, -0.05) is 48.5 Å². The van der Waals surface area contributed by atoms with E-state index in [-0.39, 0.29) is 5.91 Å². The first kappa shape index (κ1) is 25.5. The number of aromatic nitrogens is 2. The molecule has 2 amide bonds. The van der Waals surface area contributed by atoms with Crippen LogP contribution in [-0.4, -0.2) is 22.7 Å². The van der Waals surface area contributed by atoms with E-state index in [1.165, 1.54) is 6.08 Å². The highest BCUT2D eigenvalue weighted by molar-refractivity contribution is 6.05. The average molecular weight is 474 g/mol. The number of carbonyl (C=O) groups is 2. The monoisotopic (exact) mass is 473 g/mol. The van der Waals surface area contributed by atoms with Crippen LogP contribution in [0.15, 0.2) is 66.7 Å². The first-order valence-electron chi connectivity index (χ1n) is 11.5. The first-order chi connectivity index (χ1) is 16.6. The number of rotatable bonds is 7. The number of nitrogens with one attached hydrogen (secondary N) is 3. The molecule has 0 spiro atoms. The Kier molecular flexibility index (Phi) is 8.25. The lowest BCUT2D eigenvalue weighted by atomic mass is 10.2. The molecule has 3 rings (SSSR count). The minimum atomic E-state index is -0.620. The van der Waals surface area contributed by atoms with Gasteiger partial charge in [0.25, 0.3) is 0 Å². The van der Waals surface area contributed by atoms with Gasteiger partial charge in [0.15, 0.2) is 6.54 Å². The second kappa shape index (κ2) is 11.3. The molecular formula is C28H33N4O3+. The lowest BCUT2D eigenvalue weighted by molar-refractivity contribution is -0.746. The standard InChI is InChI=1S/C28H32N4O3/c1-20-23(21(2)32(31-20)19-11-14-22-12-7-6-8-13-22)17-18-26(33)29-24-15-9-10-16-25(24)30-27(34)35-28(3,4)5/h6-18H,19H2,1-5H3,(H2,29,30,33,34)/p+1. The molecule has 182 valence electrons. The highest BCUT2D eigenvalue weighted by Crippen LogP contribution is 2.22. The molecule has 3 N–H and O–H groups in total. The fourth-order valence-corrected chi connectivity index (χ4v) is 3.50. The Labute approximate surface area is 206 Å². The van der Waals surface area contributed by atoms with Crippen LogP contribution in [0.1, 0.15) is 43.3 Å². The quantitative estimate of drug-likeness (QED) is 0.307. The van der Waals surface area contributed by atoms with Gasteiger partial charge >= 0.3 is 6.09 Å². The molecule has 0 radical (unpaired) electrons. The van der Waals surface area contributed by atoms with Crippen LogP contribution < -0.4 is 15.3 Å². The van der Waals surface area contributed by atoms with E-state index >= 15 is 0 Å². The normalized spacial score (nSPS) is 11.7. The van der Waals surface area contributed by atoms with E-state index in [4.69, 9.17) is 4.74 Å². The summed E-state index contributed by atoms with van der Waals surface area (Å²) in [7, 11) is 0. The zero-order valence-corrected chi connectivity index (χ0v) is 20.9. The molecule has 7 nitrogen and oxygen atoms in total. The average Bonchev–Trinajstić information content (AvgIpc) is 3.05. The van der Waals surface area contributed by atoms with Crippen molar-refractivity contribution in [3.63, 3.8) is 0 Å². The number of hydrogen-bond donors (Lipinski definition) is 3. The Morgan fingerprint density at radius 3 is 2.23 bits per heavy atom. The van der Waals surface area contributed by atoms with Gasteiger partial charge in [-0.25, -0.2) is 4.79 Å². The minimum Gasteiger partial charge on any atom is -0.444 e. The largest absolute Gasteiger partial charge is 0.444 e. The molecule has 2 aromatic carbocycles. The van der Waals surface area contributed by atoms with E-state index in [0.29, 0.717) is 17.9 Å². The molecule has 0 aliphatic heterocycles. The Morgan fingerprint density at radius 2 is 1.57 bits per heavy atom. The van der Waals surface area contributed by atoms with Crippen molar-refractivity contribution in [3.05, 3.63) is 89.3 Å². The van der Waals surface area contributed by atoms with E-state index in [9.17, 15) is 9.59 Å². The van der Waals surface area contributed by atoms with Gasteiger partial charge in [-0.15, -0.1) is 4.68 Å². The number of benzene rings is 2. The van der Waals surface area contributed by atoms with Crippen molar-refractivity contribution in [2.45, 2.75) is 46.8 Å². The van der Waals surface area contributed by atoms with Crippen LogP contribution in [-0.2, 0) is 16.1 Å². The van der Waals surface area contributed by atoms with Crippen LogP contribution >= 0.6 is 0 Å². The Balaban J connectivity index is 1.65. The van der Waals surface area contributed by atoms with Crippen molar-refractivity contribution in [2.75, 3.05) is 10.6 Å². The maximum absolute atomic E-state index is 12.6. The van der Waals surface area contributed by atoms with Crippen LogP contribution in [0.25, 0.3) is 12.2 Å². The van der Waals surface area contributed by atoms with Crippen LogP contribution in [0.5, 0.6) is 0 Å². The fraction of sp³-hybridized carbons (Fsp3) is 0.250. The third-order valence-corrected chi connectivity index (χ3v) is 5.12. The molecule has 0 fully saturated rings. The topological polar surface area (TPSA) is 87.1 Å². The van der Waals surface area contributed by atoms with Crippen molar-refractivity contribution >= 4 is 35.5 Å². The number of amides is 2. The number of anilines is 2. The van der Waals surface area contributed by atoms with Crippen molar-refractivity contribution in [1.29, 1.82) is 0 Å². The molecule has 35 heavy (non-hydrogen) atoms. The Morgan fingerprint density at radius 1 is 0.943 bits per heavy atom. The highest BCUT2D eigenvalue weighted by Gasteiger charge is 2.18. The third-order valence-electron chi connectivity index (χ3n) is 5.12. The third kappa shape index (κ3) is 7.71. The summed E-state index contributed by atoms with van der Waals surface area (Å²) >= 11 is 0. The summed E-state index contributed by atoms with van der Waals surface area (Å²) in [6.07, 6.45) is 6.86. The molecule has 1 heterocycles. The predicted molar refractivity (Wildman–Crippen MR) is 140 cm³/mol.